The van der Waals surface area contributed by atoms with Gasteiger partial charge >= 0.3 is 0 Å². The zero-order valence-electron chi connectivity index (χ0n) is 26.9. The van der Waals surface area contributed by atoms with E-state index in [2.05, 4.69) is 26.8 Å². The molecule has 1 aliphatic heterocycles. The predicted octanol–water partition coefficient (Wildman–Crippen LogP) is 6.49. The first-order valence-corrected chi connectivity index (χ1v) is 14.7. The summed E-state index contributed by atoms with van der Waals surface area (Å²) < 4.78 is 29.5. The Kier molecular flexibility index (Phi) is 11.0. The highest BCUT2D eigenvalue weighted by Crippen LogP contribution is 2.47. The Hall–Kier alpha value is -3.23. The second kappa shape index (κ2) is 13.8. The van der Waals surface area contributed by atoms with Gasteiger partial charge in [-0.05, 0) is 79.2 Å². The van der Waals surface area contributed by atoms with Crippen LogP contribution in [0.3, 0.4) is 0 Å². The summed E-state index contributed by atoms with van der Waals surface area (Å²) in [6.45, 7) is 10.2. The number of ether oxygens (including phenoxy) is 5. The molecule has 2 aromatic carbocycles. The average Bonchev–Trinajstić information content (AvgIpc) is 2.92. The zero-order valence-corrected chi connectivity index (χ0v) is 26.9. The van der Waals surface area contributed by atoms with Gasteiger partial charge in [-0.2, -0.15) is 0 Å². The maximum absolute atomic E-state index is 13.8. The molecule has 1 heterocycles. The van der Waals surface area contributed by atoms with Crippen molar-refractivity contribution in [3.63, 3.8) is 0 Å². The number of carbonyl (C=O) groups excluding carboxylic acids is 1. The van der Waals surface area contributed by atoms with E-state index in [-0.39, 0.29) is 23.3 Å². The van der Waals surface area contributed by atoms with Crippen LogP contribution in [-0.4, -0.2) is 45.3 Å². The minimum atomic E-state index is -0.519. The van der Waals surface area contributed by atoms with Crippen molar-refractivity contribution in [2.75, 3.05) is 28.4 Å². The second-order valence-corrected chi connectivity index (χ2v) is 12.7. The van der Waals surface area contributed by atoms with Gasteiger partial charge in [-0.1, -0.05) is 17.7 Å². The van der Waals surface area contributed by atoms with Crippen LogP contribution in [0.25, 0.3) is 0 Å². The molecule has 2 aromatic rings. The molecule has 1 atom stereocenters. The molecule has 0 unspecified atom stereocenters. The first-order valence-electron chi connectivity index (χ1n) is 14.7. The molecule has 0 bridgehead atoms. The number of ketones is 1. The quantitative estimate of drug-likeness (QED) is 0.243. The number of rotatable bonds is 14. The van der Waals surface area contributed by atoms with Gasteiger partial charge in [0, 0.05) is 33.8 Å². The Balaban J connectivity index is 2.01. The maximum Gasteiger partial charge on any atom is 0.174 e. The molecule has 232 valence electrons. The summed E-state index contributed by atoms with van der Waals surface area (Å²) in [5.74, 6) is 2.76. The van der Waals surface area contributed by atoms with Gasteiger partial charge in [0.15, 0.2) is 17.3 Å². The summed E-state index contributed by atoms with van der Waals surface area (Å²) in [6, 6.07) is 5.62. The lowest BCUT2D eigenvalue weighted by Crippen LogP contribution is -2.32. The molecule has 8 nitrogen and oxygen atoms in total. The summed E-state index contributed by atoms with van der Waals surface area (Å²) in [7, 11) is 6.43. The second-order valence-electron chi connectivity index (χ2n) is 12.7. The Morgan fingerprint density at radius 3 is 2.14 bits per heavy atom. The van der Waals surface area contributed by atoms with Crippen LogP contribution in [0.4, 0.5) is 0 Å². The molecule has 8 heteroatoms. The summed E-state index contributed by atoms with van der Waals surface area (Å²) in [5.41, 5.74) is 16.2. The van der Waals surface area contributed by atoms with Crippen molar-refractivity contribution in [3.8, 4) is 28.7 Å². The molecule has 0 fully saturated rings. The molecule has 0 amide bonds. The van der Waals surface area contributed by atoms with E-state index >= 15 is 0 Å². The highest BCUT2D eigenvalue weighted by atomic mass is 16.5. The van der Waals surface area contributed by atoms with E-state index < -0.39 is 6.10 Å². The smallest absolute Gasteiger partial charge is 0.174 e. The molecule has 42 heavy (non-hydrogen) atoms. The number of nitrogens with two attached hydrogens (primary N) is 2. The van der Waals surface area contributed by atoms with Gasteiger partial charge in [-0.3, -0.25) is 4.79 Å². The molecule has 4 N–H and O–H groups in total. The number of hydrogen-bond donors (Lipinski definition) is 2. The zero-order chi connectivity index (χ0) is 31.2. The molecule has 1 aliphatic rings. The lowest BCUT2D eigenvalue weighted by Gasteiger charge is -2.30. The molecular weight excluding hydrogens is 532 g/mol. The first kappa shape index (κ1) is 33.3. The Labute approximate surface area is 251 Å². The summed E-state index contributed by atoms with van der Waals surface area (Å²) in [6.07, 6.45) is 6.67. The molecule has 0 aliphatic carbocycles. The minimum Gasteiger partial charge on any atom is -0.496 e. The molecule has 3 rings (SSSR count). The molecule has 0 saturated heterocycles. The van der Waals surface area contributed by atoms with Crippen LogP contribution in [0.5, 0.6) is 28.7 Å². The number of methoxy groups -OCH3 is 4. The Bertz CT molecular complexity index is 1290. The average molecular weight is 583 g/mol. The van der Waals surface area contributed by atoms with Crippen LogP contribution >= 0.6 is 0 Å². The van der Waals surface area contributed by atoms with Gasteiger partial charge < -0.3 is 35.2 Å². The highest BCUT2D eigenvalue weighted by molar-refractivity contribution is 6.03. The number of allylic oxidation sites excluding steroid dienone is 2. The van der Waals surface area contributed by atoms with E-state index in [9.17, 15) is 4.79 Å². The van der Waals surface area contributed by atoms with Gasteiger partial charge in [0.25, 0.3) is 0 Å². The summed E-state index contributed by atoms with van der Waals surface area (Å²) in [4.78, 5) is 13.8. The van der Waals surface area contributed by atoms with Gasteiger partial charge in [-0.25, -0.2) is 0 Å². The molecule has 0 saturated carbocycles. The molecule has 0 aromatic heterocycles. The Morgan fingerprint density at radius 2 is 1.57 bits per heavy atom. The lowest BCUT2D eigenvalue weighted by molar-refractivity contribution is 0.0842. The summed E-state index contributed by atoms with van der Waals surface area (Å²) >= 11 is 0. The van der Waals surface area contributed by atoms with Gasteiger partial charge in [0.05, 0.1) is 34.9 Å². The van der Waals surface area contributed by atoms with Crippen molar-refractivity contribution < 1.29 is 28.5 Å². The van der Waals surface area contributed by atoms with E-state index in [1.165, 1.54) is 5.57 Å². The Morgan fingerprint density at radius 1 is 0.929 bits per heavy atom. The van der Waals surface area contributed by atoms with Crippen LogP contribution in [0.2, 0.25) is 0 Å². The fourth-order valence-corrected chi connectivity index (χ4v) is 5.46. The number of hydrogen-bond acceptors (Lipinski definition) is 8. The lowest BCUT2D eigenvalue weighted by atomic mass is 9.88. The fraction of sp³-hybridized carbons (Fsp3) is 0.559. The minimum absolute atomic E-state index is 0.0501. The first-order chi connectivity index (χ1) is 19.7. The standard InChI is InChI=1S/C34H50N2O6/c1-21(11-10-17-33(2,3)35)12-13-23-22(14-15-26(38-6)31(23)40-8)28-19-25(37)30-29(42-28)20-27(39-7)24(32(30)41-9)16-18-34(4,5)36/h12,14-15,20,28H,10-11,13,16-19,35-36H2,1-9H3/b21-12-/t28-/m0/s1. The monoisotopic (exact) mass is 582 g/mol. The van der Waals surface area contributed by atoms with Gasteiger partial charge in [0.2, 0.25) is 0 Å². The van der Waals surface area contributed by atoms with Crippen molar-refractivity contribution in [1.82, 2.24) is 0 Å². The number of carbonyl (C=O) groups is 1. The SMILES string of the molecule is COc1cc2c(c(OC)c1CCC(C)(C)N)C(=O)C[C@@H](c1ccc(OC)c(OC)c1C/C=C(/C)CCCC(C)(C)N)O2. The number of fused-ring (bicyclic) bond motifs is 1. The molecular formula is C34H50N2O6. The summed E-state index contributed by atoms with van der Waals surface area (Å²) in [5, 5.41) is 0. The van der Waals surface area contributed by atoms with Crippen molar-refractivity contribution >= 4 is 5.78 Å². The van der Waals surface area contributed by atoms with Crippen LogP contribution in [0.15, 0.2) is 29.8 Å². The van der Waals surface area contributed by atoms with E-state index in [1.807, 2.05) is 26.0 Å². The van der Waals surface area contributed by atoms with Gasteiger partial charge in [0.1, 0.15) is 28.9 Å². The third-order valence-electron chi connectivity index (χ3n) is 7.75. The van der Waals surface area contributed by atoms with Gasteiger partial charge in [-0.15, -0.1) is 0 Å². The predicted molar refractivity (Wildman–Crippen MR) is 168 cm³/mol. The van der Waals surface area contributed by atoms with Crippen LogP contribution in [0.1, 0.15) is 99.9 Å². The topological polar surface area (TPSA) is 115 Å². The van der Waals surface area contributed by atoms with E-state index in [0.29, 0.717) is 53.6 Å². The van der Waals surface area contributed by atoms with Crippen molar-refractivity contribution in [2.24, 2.45) is 11.5 Å². The van der Waals surface area contributed by atoms with Crippen LogP contribution < -0.4 is 35.2 Å². The number of Topliss-reactive ketones (excluding diaryl/α,β-unsaturated/α-hetero) is 1. The van der Waals surface area contributed by atoms with Crippen molar-refractivity contribution in [1.29, 1.82) is 0 Å². The third-order valence-corrected chi connectivity index (χ3v) is 7.75. The third kappa shape index (κ3) is 8.19. The van der Waals surface area contributed by atoms with Crippen molar-refractivity contribution in [2.45, 2.75) is 96.7 Å². The largest absolute Gasteiger partial charge is 0.496 e. The molecule has 0 radical (unpaired) electrons. The highest BCUT2D eigenvalue weighted by Gasteiger charge is 2.35. The maximum atomic E-state index is 13.8. The van der Waals surface area contributed by atoms with Crippen molar-refractivity contribution in [3.05, 3.63) is 52.1 Å². The van der Waals surface area contributed by atoms with E-state index in [1.54, 1.807) is 34.5 Å². The van der Waals surface area contributed by atoms with Crippen LogP contribution in [-0.2, 0) is 12.8 Å². The van der Waals surface area contributed by atoms with E-state index in [0.717, 1.165) is 36.0 Å². The van der Waals surface area contributed by atoms with Crippen LogP contribution in [0, 0.1) is 0 Å². The normalized spacial score (nSPS) is 15.6. The van der Waals surface area contributed by atoms with E-state index in [4.69, 9.17) is 35.2 Å². The molecule has 0 spiro atoms. The fourth-order valence-electron chi connectivity index (χ4n) is 5.46. The number of benzene rings is 2.